The van der Waals surface area contributed by atoms with Crippen molar-refractivity contribution < 1.29 is 86.9 Å². The van der Waals surface area contributed by atoms with E-state index in [1.807, 2.05) is 0 Å². The second-order valence-electron chi connectivity index (χ2n) is 27.8. The van der Waals surface area contributed by atoms with Crippen LogP contribution in [0.25, 0.3) is 0 Å². The molecule has 0 aliphatic rings. The molecule has 614 valence electrons. The highest BCUT2D eigenvalue weighted by atomic mass is 32.2. The summed E-state index contributed by atoms with van der Waals surface area (Å²) in [5.41, 5.74) is 34.6. The topological polar surface area (TPSA) is 655 Å². The molecule has 0 saturated carbocycles. The summed E-state index contributed by atoms with van der Waals surface area (Å²) in [6.07, 6.45) is 1.83. The first-order valence-electron chi connectivity index (χ1n) is 36.5. The number of carboxylic acid groups (broad SMARTS) is 2. The first-order valence-corrected chi connectivity index (χ1v) is 37.8. The van der Waals surface area contributed by atoms with E-state index in [0.717, 1.165) is 0 Å². The zero-order valence-electron chi connectivity index (χ0n) is 63.9. The SMILES string of the molecule is CC[C@H](C)[C@H](NC(=O)[C@H](Cc1cnc[nH]1)NC(=O)[C@H](CCC(N)=O)NC(=O)[C@H](CC(C)C)NC(=O)[C@H](Cc1ccccc1)NC(=O)[C@H](CC(N)=O)NC(=O)CNC(=O)[C@H](CCCCN)NC(=O)[C@@H](N)C(C)C)C(=O)N[C@@H](CCSC)C(=O)N[C@@H](CCCN=C(N)N)C(=O)N[C@@H](CCC(=O)O)C(=O)N[C@H](C(=O)O)C(C)C. The molecule has 0 spiro atoms. The van der Waals surface area contributed by atoms with E-state index in [1.165, 1.54) is 38.1 Å². The van der Waals surface area contributed by atoms with Crippen LogP contribution < -0.4 is 98.2 Å². The van der Waals surface area contributed by atoms with Crippen molar-refractivity contribution in [2.45, 2.75) is 224 Å². The van der Waals surface area contributed by atoms with Crippen molar-refractivity contribution in [2.24, 2.45) is 63.1 Å². The molecular formula is C70H115N21O18S. The largest absolute Gasteiger partial charge is 0.481 e. The fourth-order valence-electron chi connectivity index (χ4n) is 10.9. The van der Waals surface area contributed by atoms with Crippen molar-refractivity contribution in [2.75, 3.05) is 31.6 Å². The second-order valence-corrected chi connectivity index (χ2v) is 28.7. The Labute approximate surface area is 643 Å². The Balaban J connectivity index is 2.59. The molecular weight excluding hydrogens is 1450 g/mol. The van der Waals surface area contributed by atoms with Gasteiger partial charge in [0.1, 0.15) is 66.5 Å². The molecule has 27 N–H and O–H groups in total. The van der Waals surface area contributed by atoms with E-state index in [4.69, 9.17) is 34.4 Å². The lowest BCUT2D eigenvalue weighted by Crippen LogP contribution is -2.62. The molecule has 1 aromatic heterocycles. The Morgan fingerprint density at radius 3 is 1.51 bits per heavy atom. The van der Waals surface area contributed by atoms with Gasteiger partial charge in [-0.1, -0.05) is 92.1 Å². The third-order valence-electron chi connectivity index (χ3n) is 17.4. The van der Waals surface area contributed by atoms with E-state index < -0.39 is 218 Å². The third kappa shape index (κ3) is 36.6. The number of guanidine groups is 1. The lowest BCUT2D eigenvalue weighted by molar-refractivity contribution is -0.144. The van der Waals surface area contributed by atoms with E-state index in [1.54, 1.807) is 78.1 Å². The van der Waals surface area contributed by atoms with Crippen LogP contribution in [0.5, 0.6) is 0 Å². The highest BCUT2D eigenvalue weighted by Gasteiger charge is 2.39. The molecule has 2 rings (SSSR count). The van der Waals surface area contributed by atoms with E-state index in [2.05, 4.69) is 78.8 Å². The Morgan fingerprint density at radius 1 is 0.518 bits per heavy atom. The standard InChI is InChI=1S/C70H115N21O18S/c1-10-39(8)57(68(107)86-46(25-28-110-9)61(100)82-43(20-16-27-78-70(75)76)59(98)83-45(22-24-54(95)96)62(101)90-56(38(6)7)69(108)109)91-66(105)49(31-41-33-77-35-80-41)89-60(99)44(21-23-51(72)92)84-63(102)47(29-36(2)3)87-64(103)48(30-40-17-12-11-13-18-40)88-65(104)50(32-52(73)93)81-53(94)34-79-58(97)42(19-14-15-26-71)85-67(106)55(74)37(4)5/h11-13,17-18,33,35-39,42-50,55-57H,10,14-16,19-32,34,71,74H2,1-9H3,(H2,72,92)(H2,73,93)(H,77,80)(H,79,97)(H,81,94)(H,82,100)(H,83,98)(H,84,102)(H,85,106)(H,86,107)(H,87,103)(H,88,104)(H,89,99)(H,90,101)(H,91,105)(H,95,96)(H,108,109)(H4,75,76,78)/t39-,42-,43-,44-,45-,46-,47-,48-,49-,50-,55-,56-,57-/m0/s1. The van der Waals surface area contributed by atoms with Crippen LogP contribution in [-0.4, -0.2) is 225 Å². The highest BCUT2D eigenvalue weighted by Crippen LogP contribution is 2.16. The summed E-state index contributed by atoms with van der Waals surface area (Å²) in [6, 6.07) is -9.42. The number of primary amides is 2. The maximum atomic E-state index is 14.8. The van der Waals surface area contributed by atoms with Crippen molar-refractivity contribution in [3.63, 3.8) is 0 Å². The van der Waals surface area contributed by atoms with Gasteiger partial charge in [0.25, 0.3) is 0 Å². The number of hydrogen-bond donors (Lipinski definition) is 21. The molecule has 40 heteroatoms. The molecule has 110 heavy (non-hydrogen) atoms. The number of rotatable bonds is 54. The summed E-state index contributed by atoms with van der Waals surface area (Å²) in [4.78, 5) is 229. The van der Waals surface area contributed by atoms with Crippen LogP contribution in [0.1, 0.15) is 150 Å². The molecule has 13 atom stereocenters. The van der Waals surface area contributed by atoms with Crippen molar-refractivity contribution in [3.05, 3.63) is 54.1 Å². The quantitative estimate of drug-likeness (QED) is 0.0168. The maximum absolute atomic E-state index is 14.8. The number of H-pyrrole nitrogens is 1. The molecule has 0 radical (unpaired) electrons. The number of amides is 14. The molecule has 0 saturated heterocycles. The fraction of sp³-hybridized carbons (Fsp3) is 0.629. The number of hydrogen-bond acceptors (Lipinski definition) is 21. The van der Waals surface area contributed by atoms with Crippen molar-refractivity contribution in [3.8, 4) is 0 Å². The molecule has 39 nitrogen and oxygen atoms in total. The number of imidazole rings is 1. The fourth-order valence-corrected chi connectivity index (χ4v) is 11.3. The molecule has 0 fully saturated rings. The number of nitrogens with one attached hydrogen (secondary N) is 13. The number of unbranched alkanes of at least 4 members (excludes halogenated alkanes) is 1. The Bertz CT molecular complexity index is 3420. The molecule has 2 aromatic rings. The summed E-state index contributed by atoms with van der Waals surface area (Å²) in [6.45, 7) is 12.7. The number of aliphatic imine (C=N–C) groups is 1. The summed E-state index contributed by atoms with van der Waals surface area (Å²) in [5, 5.41) is 49.7. The second kappa shape index (κ2) is 50.2. The predicted octanol–water partition coefficient (Wildman–Crippen LogP) is -4.60. The van der Waals surface area contributed by atoms with Crippen LogP contribution >= 0.6 is 11.8 Å². The van der Waals surface area contributed by atoms with Gasteiger partial charge in [0.15, 0.2) is 5.96 Å². The molecule has 14 amide bonds. The molecule has 1 aromatic carbocycles. The lowest BCUT2D eigenvalue weighted by atomic mass is 9.96. The molecule has 1 heterocycles. The molecule has 0 bridgehead atoms. The minimum absolute atomic E-state index is 0.0455. The van der Waals surface area contributed by atoms with Crippen LogP contribution in [0.2, 0.25) is 0 Å². The first kappa shape index (κ1) is 95.6. The molecule has 0 aliphatic carbocycles. The van der Waals surface area contributed by atoms with Crippen LogP contribution in [0.15, 0.2) is 47.8 Å². The number of benzene rings is 1. The monoisotopic (exact) mass is 1570 g/mol. The van der Waals surface area contributed by atoms with Crippen LogP contribution in [0.4, 0.5) is 0 Å². The number of thioether (sulfide) groups is 1. The smallest absolute Gasteiger partial charge is 0.326 e. The number of aromatic nitrogens is 2. The zero-order valence-corrected chi connectivity index (χ0v) is 64.7. The average Bonchev–Trinajstić information content (AvgIpc) is 1.02. The summed E-state index contributed by atoms with van der Waals surface area (Å²) >= 11 is 1.29. The van der Waals surface area contributed by atoms with Crippen LogP contribution in [0.3, 0.4) is 0 Å². The van der Waals surface area contributed by atoms with Gasteiger partial charge in [0, 0.05) is 44.1 Å². The van der Waals surface area contributed by atoms with Gasteiger partial charge in [-0.15, -0.1) is 0 Å². The van der Waals surface area contributed by atoms with Gasteiger partial charge in [-0.05, 0) is 106 Å². The normalized spacial score (nSPS) is 14.7. The lowest BCUT2D eigenvalue weighted by Gasteiger charge is -2.30. The first-order chi connectivity index (χ1) is 51.8. The van der Waals surface area contributed by atoms with Crippen LogP contribution in [0, 0.1) is 23.7 Å². The van der Waals surface area contributed by atoms with Gasteiger partial charge in [0.05, 0.1) is 25.3 Å². The molecule has 0 aliphatic heterocycles. The summed E-state index contributed by atoms with van der Waals surface area (Å²) in [5.74, 6) is -18.0. The summed E-state index contributed by atoms with van der Waals surface area (Å²) < 4.78 is 0. The van der Waals surface area contributed by atoms with Crippen molar-refractivity contribution in [1.82, 2.24) is 73.8 Å². The predicted molar refractivity (Wildman–Crippen MR) is 406 cm³/mol. The van der Waals surface area contributed by atoms with Gasteiger partial charge in [-0.3, -0.25) is 76.9 Å². The highest BCUT2D eigenvalue weighted by molar-refractivity contribution is 7.98. The zero-order chi connectivity index (χ0) is 82.9. The third-order valence-corrected chi connectivity index (χ3v) is 18.0. The van der Waals surface area contributed by atoms with Crippen molar-refractivity contribution in [1.29, 1.82) is 0 Å². The summed E-state index contributed by atoms with van der Waals surface area (Å²) in [7, 11) is 0. The van der Waals surface area contributed by atoms with E-state index in [-0.39, 0.29) is 87.2 Å². The molecule has 0 unspecified atom stereocenters. The number of carbonyl (C=O) groups excluding carboxylic acids is 14. The van der Waals surface area contributed by atoms with E-state index in [0.29, 0.717) is 24.9 Å². The Kier molecular flexibility index (Phi) is 43.7. The van der Waals surface area contributed by atoms with Gasteiger partial charge < -0.3 is 113 Å². The minimum atomic E-state index is -1.74. The Morgan fingerprint density at radius 2 is 1.00 bits per heavy atom. The van der Waals surface area contributed by atoms with Crippen LogP contribution in [-0.2, 0) is 89.6 Å². The van der Waals surface area contributed by atoms with Crippen molar-refractivity contribution >= 4 is 112 Å². The van der Waals surface area contributed by atoms with Gasteiger partial charge in [-0.25, -0.2) is 9.78 Å². The van der Waals surface area contributed by atoms with Gasteiger partial charge >= 0.3 is 11.9 Å². The number of aromatic amines is 1. The number of carboxylic acids is 2. The van der Waals surface area contributed by atoms with Gasteiger partial charge in [-0.2, -0.15) is 11.8 Å². The maximum Gasteiger partial charge on any atom is 0.326 e. The number of aliphatic carboxylic acids is 2. The van der Waals surface area contributed by atoms with E-state index in [9.17, 15) is 86.9 Å². The minimum Gasteiger partial charge on any atom is -0.481 e. The number of nitrogens with zero attached hydrogens (tertiary/aromatic N) is 2. The van der Waals surface area contributed by atoms with Gasteiger partial charge in [0.2, 0.25) is 82.7 Å². The average molecular weight is 1570 g/mol. The number of carbonyl (C=O) groups is 16. The number of nitrogens with two attached hydrogens (primary N) is 6. The van der Waals surface area contributed by atoms with E-state index >= 15 is 0 Å². The Hall–Kier alpha value is -10.5.